The molecule has 0 bridgehead atoms. The van der Waals surface area contributed by atoms with Gasteiger partial charge in [0, 0.05) is 31.4 Å². The number of carbonyl (C=O) groups is 1. The van der Waals surface area contributed by atoms with Crippen molar-refractivity contribution >= 4 is 28.9 Å². The van der Waals surface area contributed by atoms with Crippen LogP contribution in [-0.2, 0) is 6.18 Å². The van der Waals surface area contributed by atoms with Crippen LogP contribution in [-0.4, -0.2) is 48.0 Å². The van der Waals surface area contributed by atoms with E-state index >= 15 is 0 Å². The smallest absolute Gasteiger partial charge is 0.367 e. The SMILES string of the molecule is CC1CN(c2cc(F)ccc2NC(=O)c2cnc(Cl)cc2C(F)(F)F)CC(C)N1C. The summed E-state index contributed by atoms with van der Waals surface area (Å²) < 4.78 is 54.0. The summed E-state index contributed by atoms with van der Waals surface area (Å²) in [4.78, 5) is 20.4. The first kappa shape index (κ1) is 22.3. The van der Waals surface area contributed by atoms with E-state index in [0.717, 1.165) is 12.3 Å². The number of carbonyl (C=O) groups excluding carboxylic acids is 1. The first-order chi connectivity index (χ1) is 14.0. The van der Waals surface area contributed by atoms with Crippen LogP contribution in [0.3, 0.4) is 0 Å². The molecular formula is C20H21ClF4N4O. The van der Waals surface area contributed by atoms with Gasteiger partial charge in [0.15, 0.2) is 0 Å². The average Bonchev–Trinajstić information content (AvgIpc) is 2.66. The topological polar surface area (TPSA) is 48.5 Å². The van der Waals surface area contributed by atoms with Crippen molar-refractivity contribution in [3.05, 3.63) is 52.6 Å². The molecule has 2 heterocycles. The third-order valence-corrected chi connectivity index (χ3v) is 5.54. The molecule has 1 aromatic heterocycles. The maximum Gasteiger partial charge on any atom is 0.417 e. The van der Waals surface area contributed by atoms with E-state index in [-0.39, 0.29) is 22.9 Å². The molecule has 2 aromatic rings. The predicted molar refractivity (Wildman–Crippen MR) is 108 cm³/mol. The van der Waals surface area contributed by atoms with Gasteiger partial charge >= 0.3 is 6.18 Å². The lowest BCUT2D eigenvalue weighted by atomic mass is 10.1. The Balaban J connectivity index is 1.94. The normalized spacial score (nSPS) is 20.3. The summed E-state index contributed by atoms with van der Waals surface area (Å²) in [6.07, 6.45) is -4.00. The number of hydrogen-bond acceptors (Lipinski definition) is 4. The number of hydrogen-bond donors (Lipinski definition) is 1. The highest BCUT2D eigenvalue weighted by atomic mass is 35.5. The van der Waals surface area contributed by atoms with Gasteiger partial charge in [0.1, 0.15) is 11.0 Å². The fourth-order valence-corrected chi connectivity index (χ4v) is 3.67. The minimum absolute atomic E-state index is 0.165. The Morgan fingerprint density at radius 1 is 1.20 bits per heavy atom. The lowest BCUT2D eigenvalue weighted by Gasteiger charge is -2.44. The van der Waals surface area contributed by atoms with Gasteiger partial charge in [0.2, 0.25) is 0 Å². The minimum Gasteiger partial charge on any atom is -0.367 e. The van der Waals surface area contributed by atoms with E-state index in [1.807, 2.05) is 25.8 Å². The second-order valence-corrected chi connectivity index (χ2v) is 7.82. The molecule has 1 aliphatic heterocycles. The van der Waals surface area contributed by atoms with Gasteiger partial charge in [-0.2, -0.15) is 13.2 Å². The zero-order chi connectivity index (χ0) is 22.2. The van der Waals surface area contributed by atoms with Gasteiger partial charge in [-0.1, -0.05) is 11.6 Å². The Bertz CT molecular complexity index is 941. The number of alkyl halides is 3. The summed E-state index contributed by atoms with van der Waals surface area (Å²) in [6, 6.07) is 4.69. The van der Waals surface area contributed by atoms with Crippen LogP contribution < -0.4 is 10.2 Å². The fourth-order valence-electron chi connectivity index (χ4n) is 3.51. The van der Waals surface area contributed by atoms with Crippen LogP contribution in [0.1, 0.15) is 29.8 Å². The number of nitrogens with one attached hydrogen (secondary N) is 1. The summed E-state index contributed by atoms with van der Waals surface area (Å²) in [5.74, 6) is -1.51. The Hall–Kier alpha value is -2.39. The molecule has 0 radical (unpaired) electrons. The van der Waals surface area contributed by atoms with Gasteiger partial charge in [-0.15, -0.1) is 0 Å². The van der Waals surface area contributed by atoms with E-state index in [0.29, 0.717) is 24.8 Å². The van der Waals surface area contributed by atoms with Gasteiger partial charge in [-0.3, -0.25) is 9.69 Å². The number of nitrogens with zero attached hydrogens (tertiary/aromatic N) is 3. The van der Waals surface area contributed by atoms with Crippen molar-refractivity contribution in [1.82, 2.24) is 9.88 Å². The number of pyridine rings is 1. The number of benzene rings is 1. The number of anilines is 2. The van der Waals surface area contributed by atoms with E-state index in [1.54, 1.807) is 0 Å². The Kier molecular flexibility index (Phi) is 6.24. The Morgan fingerprint density at radius 2 is 1.83 bits per heavy atom. The number of halogens is 5. The molecule has 1 amide bonds. The zero-order valence-corrected chi connectivity index (χ0v) is 17.4. The predicted octanol–water partition coefficient (Wildman–Crippen LogP) is 4.67. The summed E-state index contributed by atoms with van der Waals surface area (Å²) in [7, 11) is 1.99. The van der Waals surface area contributed by atoms with Crippen LogP contribution in [0, 0.1) is 5.82 Å². The van der Waals surface area contributed by atoms with Crippen molar-refractivity contribution in [1.29, 1.82) is 0 Å². The van der Waals surface area contributed by atoms with Crippen molar-refractivity contribution < 1.29 is 22.4 Å². The Labute approximate surface area is 176 Å². The summed E-state index contributed by atoms with van der Waals surface area (Å²) in [5.41, 5.74) is -1.23. The van der Waals surface area contributed by atoms with Crippen molar-refractivity contribution in [3.63, 3.8) is 0 Å². The van der Waals surface area contributed by atoms with Gasteiger partial charge < -0.3 is 10.2 Å². The van der Waals surface area contributed by atoms with Gasteiger partial charge in [-0.25, -0.2) is 9.37 Å². The molecule has 0 aliphatic carbocycles. The second kappa shape index (κ2) is 8.39. The zero-order valence-electron chi connectivity index (χ0n) is 16.6. The molecule has 30 heavy (non-hydrogen) atoms. The lowest BCUT2D eigenvalue weighted by molar-refractivity contribution is -0.137. The third kappa shape index (κ3) is 4.67. The second-order valence-electron chi connectivity index (χ2n) is 7.43. The molecule has 5 nitrogen and oxygen atoms in total. The van der Waals surface area contributed by atoms with Crippen LogP contribution in [0.25, 0.3) is 0 Å². The monoisotopic (exact) mass is 444 g/mol. The number of rotatable bonds is 3. The molecule has 162 valence electrons. The summed E-state index contributed by atoms with van der Waals surface area (Å²) in [6.45, 7) is 5.19. The largest absolute Gasteiger partial charge is 0.417 e. The molecule has 1 N–H and O–H groups in total. The highest BCUT2D eigenvalue weighted by Gasteiger charge is 2.36. The molecule has 2 unspecified atom stereocenters. The van der Waals surface area contributed by atoms with E-state index < -0.39 is 29.0 Å². The number of aromatic nitrogens is 1. The van der Waals surface area contributed by atoms with Crippen LogP contribution in [0.15, 0.2) is 30.5 Å². The first-order valence-electron chi connectivity index (χ1n) is 9.28. The van der Waals surface area contributed by atoms with Crippen molar-refractivity contribution in [2.75, 3.05) is 30.4 Å². The number of amides is 1. The summed E-state index contributed by atoms with van der Waals surface area (Å²) >= 11 is 5.58. The molecule has 2 atom stereocenters. The molecule has 1 aromatic carbocycles. The number of likely N-dealkylation sites (N-methyl/N-ethyl adjacent to an activating group) is 1. The molecule has 10 heteroatoms. The van der Waals surface area contributed by atoms with Crippen molar-refractivity contribution in [2.45, 2.75) is 32.1 Å². The van der Waals surface area contributed by atoms with Crippen LogP contribution in [0.2, 0.25) is 5.15 Å². The van der Waals surface area contributed by atoms with Gasteiger partial charge in [-0.05, 0) is 45.2 Å². The highest BCUT2D eigenvalue weighted by Crippen LogP contribution is 2.35. The Morgan fingerprint density at radius 3 is 2.43 bits per heavy atom. The van der Waals surface area contributed by atoms with Crippen molar-refractivity contribution in [3.8, 4) is 0 Å². The molecule has 1 fully saturated rings. The van der Waals surface area contributed by atoms with Crippen LogP contribution >= 0.6 is 11.6 Å². The maximum atomic E-state index is 14.0. The quantitative estimate of drug-likeness (QED) is 0.552. The fraction of sp³-hybridized carbons (Fsp3) is 0.400. The third-order valence-electron chi connectivity index (χ3n) is 5.33. The van der Waals surface area contributed by atoms with Gasteiger partial charge in [0.05, 0.1) is 22.5 Å². The lowest BCUT2D eigenvalue weighted by Crippen LogP contribution is -2.55. The highest BCUT2D eigenvalue weighted by molar-refractivity contribution is 6.29. The molecule has 1 aliphatic rings. The molecular weight excluding hydrogens is 424 g/mol. The number of piperazine rings is 1. The van der Waals surface area contributed by atoms with E-state index in [2.05, 4.69) is 15.2 Å². The molecule has 3 rings (SSSR count). The van der Waals surface area contributed by atoms with Crippen LogP contribution in [0.5, 0.6) is 0 Å². The standard InChI is InChI=1S/C20H21ClF4N4O/c1-11-9-29(10-12(2)28(11)3)17-6-13(22)4-5-16(17)27-19(30)14-8-26-18(21)7-15(14)20(23,24)25/h4-8,11-12H,9-10H2,1-3H3,(H,27,30). The summed E-state index contributed by atoms with van der Waals surface area (Å²) in [5, 5.41) is 2.11. The van der Waals surface area contributed by atoms with E-state index in [9.17, 15) is 22.4 Å². The molecule has 1 saturated heterocycles. The van der Waals surface area contributed by atoms with E-state index in [4.69, 9.17) is 11.6 Å². The van der Waals surface area contributed by atoms with Gasteiger partial charge in [0.25, 0.3) is 5.91 Å². The average molecular weight is 445 g/mol. The van der Waals surface area contributed by atoms with Crippen molar-refractivity contribution in [2.24, 2.45) is 0 Å². The minimum atomic E-state index is -4.78. The molecule has 0 spiro atoms. The first-order valence-corrected chi connectivity index (χ1v) is 9.65. The van der Waals surface area contributed by atoms with Crippen LogP contribution in [0.4, 0.5) is 28.9 Å². The molecule has 0 saturated carbocycles. The van der Waals surface area contributed by atoms with E-state index in [1.165, 1.54) is 12.1 Å². The maximum absolute atomic E-state index is 14.0.